The fourth-order valence-electron chi connectivity index (χ4n) is 3.01. The monoisotopic (exact) mass is 350 g/mol. The van der Waals surface area contributed by atoms with Crippen molar-refractivity contribution in [3.05, 3.63) is 35.9 Å². The number of benzene rings is 1. The lowest BCUT2D eigenvalue weighted by Crippen LogP contribution is -2.42. The number of hydrogen-bond donors (Lipinski definition) is 0. The number of esters is 1. The van der Waals surface area contributed by atoms with E-state index in [0.717, 1.165) is 5.56 Å². The lowest BCUT2D eigenvalue weighted by molar-refractivity contribution is -0.171. The fourth-order valence-corrected chi connectivity index (χ4v) is 3.01. The molecule has 0 N–H and O–H groups in total. The minimum atomic E-state index is -0.633. The van der Waals surface area contributed by atoms with Crippen LogP contribution in [0.25, 0.3) is 0 Å². The molecule has 1 aliphatic heterocycles. The number of rotatable bonds is 8. The molecule has 0 unspecified atom stereocenters. The topological polar surface area (TPSA) is 54.0 Å². The Morgan fingerprint density at radius 2 is 1.96 bits per heavy atom. The highest BCUT2D eigenvalue weighted by molar-refractivity contribution is 5.72. The summed E-state index contributed by atoms with van der Waals surface area (Å²) in [4.78, 5) is 12.2. The van der Waals surface area contributed by atoms with Gasteiger partial charge >= 0.3 is 5.97 Å². The molecule has 5 nitrogen and oxygen atoms in total. The Kier molecular flexibility index (Phi) is 6.99. The van der Waals surface area contributed by atoms with Crippen molar-refractivity contribution in [2.45, 2.75) is 59.2 Å². The minimum absolute atomic E-state index is 0.0646. The molecule has 0 aromatic heterocycles. The Labute approximate surface area is 150 Å². The van der Waals surface area contributed by atoms with Crippen molar-refractivity contribution in [3.63, 3.8) is 0 Å². The van der Waals surface area contributed by atoms with Gasteiger partial charge in [0.1, 0.15) is 6.10 Å². The lowest BCUT2D eigenvalue weighted by Gasteiger charge is -2.32. The summed E-state index contributed by atoms with van der Waals surface area (Å²) in [5, 5.41) is 0. The number of ether oxygens (including phenoxy) is 4. The second-order valence-corrected chi connectivity index (χ2v) is 7.03. The van der Waals surface area contributed by atoms with Crippen LogP contribution in [0.2, 0.25) is 0 Å². The largest absolute Gasteiger partial charge is 0.466 e. The van der Waals surface area contributed by atoms with Crippen molar-refractivity contribution in [1.29, 1.82) is 0 Å². The zero-order valence-corrected chi connectivity index (χ0v) is 15.9. The predicted octanol–water partition coefficient (Wildman–Crippen LogP) is 3.56. The molecule has 2 rings (SSSR count). The van der Waals surface area contributed by atoms with Gasteiger partial charge < -0.3 is 18.9 Å². The Morgan fingerprint density at radius 1 is 1.28 bits per heavy atom. The molecule has 1 heterocycles. The van der Waals surface area contributed by atoms with Crippen molar-refractivity contribution in [2.24, 2.45) is 11.8 Å². The van der Waals surface area contributed by atoms with E-state index >= 15 is 0 Å². The molecule has 0 bridgehead atoms. The van der Waals surface area contributed by atoms with Gasteiger partial charge in [-0.25, -0.2) is 0 Å². The molecule has 0 saturated carbocycles. The van der Waals surface area contributed by atoms with Crippen LogP contribution in [0, 0.1) is 11.8 Å². The molecule has 1 aliphatic rings. The van der Waals surface area contributed by atoms with E-state index in [1.165, 1.54) is 0 Å². The van der Waals surface area contributed by atoms with Gasteiger partial charge in [0.25, 0.3) is 0 Å². The Morgan fingerprint density at radius 3 is 2.52 bits per heavy atom. The van der Waals surface area contributed by atoms with Crippen LogP contribution in [0.3, 0.4) is 0 Å². The van der Waals surface area contributed by atoms with Crippen LogP contribution >= 0.6 is 0 Å². The van der Waals surface area contributed by atoms with E-state index < -0.39 is 5.79 Å². The molecule has 25 heavy (non-hydrogen) atoms. The molecule has 140 valence electrons. The molecular weight excluding hydrogens is 320 g/mol. The standard InChI is InChI=1S/C20H30O5/c1-6-22-19(21)15(3)14(2)18(17-13-24-20(4,5)25-17)23-12-16-10-8-7-9-11-16/h7-11,14-15,17-18H,6,12-13H2,1-5H3/t14-,15-,17-,18-/m0/s1. The van der Waals surface area contributed by atoms with Crippen molar-refractivity contribution < 1.29 is 23.7 Å². The number of hydrogen-bond acceptors (Lipinski definition) is 5. The van der Waals surface area contributed by atoms with Crippen LogP contribution in [0.15, 0.2) is 30.3 Å². The molecular formula is C20H30O5. The molecule has 0 aliphatic carbocycles. The average molecular weight is 350 g/mol. The van der Waals surface area contributed by atoms with Gasteiger partial charge in [-0.3, -0.25) is 4.79 Å². The van der Waals surface area contributed by atoms with E-state index in [1.54, 1.807) is 0 Å². The maximum Gasteiger partial charge on any atom is 0.309 e. The van der Waals surface area contributed by atoms with E-state index in [0.29, 0.717) is 19.8 Å². The number of carbonyl (C=O) groups is 1. The van der Waals surface area contributed by atoms with Gasteiger partial charge in [-0.2, -0.15) is 0 Å². The molecule has 1 aromatic rings. The Bertz CT molecular complexity index is 542. The van der Waals surface area contributed by atoms with Crippen LogP contribution in [0.1, 0.15) is 40.2 Å². The molecule has 0 amide bonds. The van der Waals surface area contributed by atoms with Crippen LogP contribution in [-0.2, 0) is 30.3 Å². The second kappa shape index (κ2) is 8.79. The zero-order chi connectivity index (χ0) is 18.4. The first-order chi connectivity index (χ1) is 11.8. The summed E-state index contributed by atoms with van der Waals surface area (Å²) in [6, 6.07) is 9.98. The van der Waals surface area contributed by atoms with E-state index in [4.69, 9.17) is 18.9 Å². The number of carbonyl (C=O) groups excluding carboxylic acids is 1. The fraction of sp³-hybridized carbons (Fsp3) is 0.650. The third-order valence-electron chi connectivity index (χ3n) is 4.65. The minimum Gasteiger partial charge on any atom is -0.466 e. The highest BCUT2D eigenvalue weighted by atomic mass is 16.7. The van der Waals surface area contributed by atoms with Gasteiger partial charge in [-0.15, -0.1) is 0 Å². The van der Waals surface area contributed by atoms with E-state index in [2.05, 4.69) is 0 Å². The van der Waals surface area contributed by atoms with Crippen molar-refractivity contribution >= 4 is 5.97 Å². The summed E-state index contributed by atoms with van der Waals surface area (Å²) in [5.41, 5.74) is 1.08. The summed E-state index contributed by atoms with van der Waals surface area (Å²) in [5.74, 6) is -1.19. The molecule has 5 heteroatoms. The van der Waals surface area contributed by atoms with Crippen LogP contribution in [0.4, 0.5) is 0 Å². The molecule has 1 aromatic carbocycles. The van der Waals surface area contributed by atoms with Gasteiger partial charge in [-0.05, 0) is 32.3 Å². The summed E-state index contributed by atoms with van der Waals surface area (Å²) in [7, 11) is 0. The molecule has 1 saturated heterocycles. The predicted molar refractivity (Wildman–Crippen MR) is 94.9 cm³/mol. The summed E-state index contributed by atoms with van der Waals surface area (Å²) in [6.07, 6.45) is -0.480. The molecule has 0 radical (unpaired) electrons. The summed E-state index contributed by atoms with van der Waals surface area (Å²) in [6.45, 7) is 10.8. The van der Waals surface area contributed by atoms with Crippen molar-refractivity contribution in [2.75, 3.05) is 13.2 Å². The second-order valence-electron chi connectivity index (χ2n) is 7.03. The van der Waals surface area contributed by atoms with Crippen LogP contribution in [-0.4, -0.2) is 37.2 Å². The SMILES string of the molecule is CCOC(=O)[C@@H](C)[C@H](C)[C@H](OCc1ccccc1)[C@@H]1COC(C)(C)O1. The quantitative estimate of drug-likeness (QED) is 0.671. The van der Waals surface area contributed by atoms with Gasteiger partial charge in [0, 0.05) is 0 Å². The van der Waals surface area contributed by atoms with E-state index in [1.807, 2.05) is 65.0 Å². The summed E-state index contributed by atoms with van der Waals surface area (Å²) >= 11 is 0. The highest BCUT2D eigenvalue weighted by Crippen LogP contribution is 2.31. The third kappa shape index (κ3) is 5.53. The lowest BCUT2D eigenvalue weighted by atomic mass is 9.87. The first-order valence-electron chi connectivity index (χ1n) is 8.98. The molecule has 0 spiro atoms. The first-order valence-corrected chi connectivity index (χ1v) is 8.98. The van der Waals surface area contributed by atoms with E-state index in [9.17, 15) is 4.79 Å². The smallest absolute Gasteiger partial charge is 0.309 e. The van der Waals surface area contributed by atoms with Crippen molar-refractivity contribution in [3.8, 4) is 0 Å². The van der Waals surface area contributed by atoms with Crippen LogP contribution < -0.4 is 0 Å². The molecule has 4 atom stereocenters. The molecule has 1 fully saturated rings. The maximum atomic E-state index is 12.2. The van der Waals surface area contributed by atoms with Crippen LogP contribution in [0.5, 0.6) is 0 Å². The first kappa shape index (κ1) is 19.9. The Balaban J connectivity index is 2.09. The average Bonchev–Trinajstić information content (AvgIpc) is 2.95. The summed E-state index contributed by atoms with van der Waals surface area (Å²) < 4.78 is 23.1. The third-order valence-corrected chi connectivity index (χ3v) is 4.65. The Hall–Kier alpha value is -1.43. The van der Waals surface area contributed by atoms with Gasteiger partial charge in [0.2, 0.25) is 0 Å². The van der Waals surface area contributed by atoms with E-state index in [-0.39, 0.29) is 30.0 Å². The zero-order valence-electron chi connectivity index (χ0n) is 15.9. The maximum absolute atomic E-state index is 12.2. The highest BCUT2D eigenvalue weighted by Gasteiger charge is 2.42. The van der Waals surface area contributed by atoms with Gasteiger partial charge in [0.15, 0.2) is 5.79 Å². The van der Waals surface area contributed by atoms with Gasteiger partial charge in [-0.1, -0.05) is 44.2 Å². The van der Waals surface area contributed by atoms with Gasteiger partial charge in [0.05, 0.1) is 31.8 Å². The van der Waals surface area contributed by atoms with Crippen molar-refractivity contribution in [1.82, 2.24) is 0 Å². The normalized spacial score (nSPS) is 23.0.